The number of hydrogen-bond acceptors (Lipinski definition) is 4. The summed E-state index contributed by atoms with van der Waals surface area (Å²) < 4.78 is 30.6. The lowest BCUT2D eigenvalue weighted by atomic mass is 10.1. The Morgan fingerprint density at radius 3 is 2.46 bits per heavy atom. The number of rotatable bonds is 9. The molecule has 2 aromatic carbocycles. The quantitative estimate of drug-likeness (QED) is 0.627. The predicted octanol–water partition coefficient (Wildman–Crippen LogP) is 3.17. The highest BCUT2D eigenvalue weighted by Gasteiger charge is 2.22. The summed E-state index contributed by atoms with van der Waals surface area (Å²) in [7, 11) is -2.01. The van der Waals surface area contributed by atoms with Crippen molar-refractivity contribution in [1.29, 1.82) is 0 Å². The first kappa shape index (κ1) is 22.0. The maximum Gasteiger partial charge on any atom is 0.240 e. The van der Waals surface area contributed by atoms with Gasteiger partial charge in [-0.15, -0.1) is 0 Å². The molecule has 152 valence electrons. The van der Waals surface area contributed by atoms with Gasteiger partial charge in [0, 0.05) is 11.6 Å². The Kier molecular flexibility index (Phi) is 7.71. The minimum Gasteiger partial charge on any atom is -0.497 e. The van der Waals surface area contributed by atoms with Crippen LogP contribution in [0.5, 0.6) is 5.75 Å². The van der Waals surface area contributed by atoms with E-state index >= 15 is 0 Å². The van der Waals surface area contributed by atoms with Gasteiger partial charge < -0.3 is 10.1 Å². The van der Waals surface area contributed by atoms with Crippen LogP contribution in [0.2, 0.25) is 5.02 Å². The van der Waals surface area contributed by atoms with Gasteiger partial charge in [-0.05, 0) is 55.2 Å². The third-order valence-electron chi connectivity index (χ3n) is 4.32. The van der Waals surface area contributed by atoms with Gasteiger partial charge in [0.1, 0.15) is 12.3 Å². The Morgan fingerprint density at radius 1 is 1.18 bits per heavy atom. The summed E-state index contributed by atoms with van der Waals surface area (Å²) in [6, 6.07) is 12.7. The van der Waals surface area contributed by atoms with Crippen molar-refractivity contribution in [1.82, 2.24) is 5.32 Å². The van der Waals surface area contributed by atoms with Crippen LogP contribution in [0.4, 0.5) is 5.69 Å². The lowest BCUT2D eigenvalue weighted by Gasteiger charge is -2.24. The van der Waals surface area contributed by atoms with E-state index in [1.807, 2.05) is 24.3 Å². The Labute approximate surface area is 171 Å². The van der Waals surface area contributed by atoms with Gasteiger partial charge in [0.25, 0.3) is 0 Å². The van der Waals surface area contributed by atoms with Crippen molar-refractivity contribution in [2.75, 3.05) is 30.8 Å². The van der Waals surface area contributed by atoms with E-state index in [1.54, 1.807) is 32.2 Å². The van der Waals surface area contributed by atoms with E-state index in [0.29, 0.717) is 22.8 Å². The fourth-order valence-electron chi connectivity index (χ4n) is 2.75. The molecule has 2 aromatic rings. The number of amides is 1. The molecule has 0 atom stereocenters. The number of nitrogens with one attached hydrogen (secondary N) is 1. The molecule has 0 fully saturated rings. The van der Waals surface area contributed by atoms with Gasteiger partial charge in [0.05, 0.1) is 19.1 Å². The molecular weight excluding hydrogens is 400 g/mol. The summed E-state index contributed by atoms with van der Waals surface area (Å²) in [5, 5.41) is 3.23. The molecule has 0 aliphatic carbocycles. The third-order valence-corrected chi connectivity index (χ3v) is 5.85. The zero-order valence-electron chi connectivity index (χ0n) is 16.2. The first-order valence-corrected chi connectivity index (χ1v) is 11.1. The van der Waals surface area contributed by atoms with Crippen molar-refractivity contribution in [3.63, 3.8) is 0 Å². The van der Waals surface area contributed by atoms with Gasteiger partial charge in [0.2, 0.25) is 15.9 Å². The lowest BCUT2D eigenvalue weighted by molar-refractivity contribution is -0.119. The van der Waals surface area contributed by atoms with Crippen LogP contribution >= 0.6 is 11.6 Å². The topological polar surface area (TPSA) is 75.7 Å². The Hall–Kier alpha value is -2.25. The summed E-state index contributed by atoms with van der Waals surface area (Å²) in [6.07, 6.45) is 2.62. The predicted molar refractivity (Wildman–Crippen MR) is 113 cm³/mol. The van der Waals surface area contributed by atoms with Crippen LogP contribution in [-0.4, -0.2) is 40.8 Å². The molecule has 2 rings (SSSR count). The highest BCUT2D eigenvalue weighted by atomic mass is 35.5. The summed E-state index contributed by atoms with van der Waals surface area (Å²) in [6.45, 7) is 1.89. The molecule has 0 spiro atoms. The summed E-state index contributed by atoms with van der Waals surface area (Å²) in [5.74, 6) is 0.439. The molecule has 1 N–H and O–H groups in total. The molecule has 0 aromatic heterocycles. The SMILES string of the molecule is COc1ccc(CCCNC(=O)CN(c2cccc(Cl)c2C)S(C)(=O)=O)cc1. The van der Waals surface area contributed by atoms with E-state index in [4.69, 9.17) is 16.3 Å². The van der Waals surface area contributed by atoms with Crippen molar-refractivity contribution in [3.8, 4) is 5.75 Å². The van der Waals surface area contributed by atoms with Crippen LogP contribution in [0, 0.1) is 6.92 Å². The highest BCUT2D eigenvalue weighted by Crippen LogP contribution is 2.27. The van der Waals surface area contributed by atoms with Crippen molar-refractivity contribution in [2.24, 2.45) is 0 Å². The number of hydrogen-bond donors (Lipinski definition) is 1. The molecule has 6 nitrogen and oxygen atoms in total. The fourth-order valence-corrected chi connectivity index (χ4v) is 3.82. The van der Waals surface area contributed by atoms with Gasteiger partial charge in [-0.3, -0.25) is 9.10 Å². The molecule has 0 radical (unpaired) electrons. The molecule has 1 amide bonds. The van der Waals surface area contributed by atoms with Gasteiger partial charge in [-0.2, -0.15) is 0 Å². The van der Waals surface area contributed by atoms with E-state index < -0.39 is 10.0 Å². The first-order chi connectivity index (χ1) is 13.2. The fraction of sp³-hybridized carbons (Fsp3) is 0.350. The van der Waals surface area contributed by atoms with Crippen molar-refractivity contribution >= 4 is 33.2 Å². The number of aryl methyl sites for hydroxylation is 1. The van der Waals surface area contributed by atoms with Crippen LogP contribution in [0.15, 0.2) is 42.5 Å². The molecule has 0 aliphatic heterocycles. The minimum atomic E-state index is -3.63. The number of benzene rings is 2. The minimum absolute atomic E-state index is 0.289. The average Bonchev–Trinajstić information content (AvgIpc) is 2.65. The molecule has 0 saturated carbocycles. The van der Waals surface area contributed by atoms with E-state index in [1.165, 1.54) is 0 Å². The monoisotopic (exact) mass is 424 g/mol. The van der Waals surface area contributed by atoms with Gasteiger partial charge >= 0.3 is 0 Å². The van der Waals surface area contributed by atoms with Crippen LogP contribution in [0.25, 0.3) is 0 Å². The number of anilines is 1. The second-order valence-corrected chi connectivity index (χ2v) is 8.77. The molecule has 0 aliphatic rings. The molecule has 28 heavy (non-hydrogen) atoms. The van der Waals surface area contributed by atoms with Crippen molar-refractivity contribution < 1.29 is 17.9 Å². The van der Waals surface area contributed by atoms with Crippen LogP contribution in [0.1, 0.15) is 17.5 Å². The van der Waals surface area contributed by atoms with Crippen LogP contribution < -0.4 is 14.4 Å². The van der Waals surface area contributed by atoms with Crippen LogP contribution in [-0.2, 0) is 21.2 Å². The molecule has 0 saturated heterocycles. The maximum absolute atomic E-state index is 12.3. The zero-order chi connectivity index (χ0) is 20.7. The summed E-state index contributed by atoms with van der Waals surface area (Å²) in [4.78, 5) is 12.3. The summed E-state index contributed by atoms with van der Waals surface area (Å²) >= 11 is 6.09. The zero-order valence-corrected chi connectivity index (χ0v) is 17.8. The standard InChI is InChI=1S/C20H25ClN2O4S/c1-15-18(21)7-4-8-19(15)23(28(3,25)26)14-20(24)22-13-5-6-16-9-11-17(27-2)12-10-16/h4,7-12H,5-6,13-14H2,1-3H3,(H,22,24). The van der Waals surface area contributed by atoms with E-state index in [-0.39, 0.29) is 12.5 Å². The largest absolute Gasteiger partial charge is 0.497 e. The number of halogens is 1. The number of carbonyl (C=O) groups is 1. The maximum atomic E-state index is 12.3. The van der Waals surface area contributed by atoms with Crippen molar-refractivity contribution in [2.45, 2.75) is 19.8 Å². The van der Waals surface area contributed by atoms with E-state index in [0.717, 1.165) is 34.7 Å². The van der Waals surface area contributed by atoms with Gasteiger partial charge in [-0.25, -0.2) is 8.42 Å². The lowest BCUT2D eigenvalue weighted by Crippen LogP contribution is -2.41. The number of ether oxygens (including phenoxy) is 1. The summed E-state index contributed by atoms with van der Waals surface area (Å²) in [5.41, 5.74) is 2.16. The highest BCUT2D eigenvalue weighted by molar-refractivity contribution is 7.92. The average molecular weight is 425 g/mol. The molecule has 0 bridgehead atoms. The molecule has 0 heterocycles. The van der Waals surface area contributed by atoms with Crippen LogP contribution in [0.3, 0.4) is 0 Å². The van der Waals surface area contributed by atoms with Crippen molar-refractivity contribution in [3.05, 3.63) is 58.6 Å². The molecular formula is C20H25ClN2O4S. The Morgan fingerprint density at radius 2 is 1.86 bits per heavy atom. The van der Waals surface area contributed by atoms with Gasteiger partial charge in [0.15, 0.2) is 0 Å². The number of sulfonamides is 1. The number of carbonyl (C=O) groups excluding carboxylic acids is 1. The Balaban J connectivity index is 1.92. The molecule has 0 unspecified atom stereocenters. The van der Waals surface area contributed by atoms with Gasteiger partial charge in [-0.1, -0.05) is 29.8 Å². The second kappa shape index (κ2) is 9.80. The molecule has 8 heteroatoms. The normalized spacial score (nSPS) is 11.1. The second-order valence-electron chi connectivity index (χ2n) is 6.46. The Bertz CT molecular complexity index is 914. The number of methoxy groups -OCH3 is 1. The number of nitrogens with zero attached hydrogens (tertiary/aromatic N) is 1. The smallest absolute Gasteiger partial charge is 0.240 e. The third kappa shape index (κ3) is 6.14. The van der Waals surface area contributed by atoms with E-state index in [9.17, 15) is 13.2 Å². The van der Waals surface area contributed by atoms with E-state index in [2.05, 4.69) is 5.32 Å². The first-order valence-electron chi connectivity index (χ1n) is 8.85.